The second-order valence-corrected chi connectivity index (χ2v) is 6.65. The molecule has 0 amide bonds. The Hall–Kier alpha value is -4.46. The molecule has 146 valence electrons. The summed E-state index contributed by atoms with van der Waals surface area (Å²) in [7, 11) is 0. The third-order valence-electron chi connectivity index (χ3n) is 4.54. The molecule has 2 heterocycles. The zero-order chi connectivity index (χ0) is 20.5. The molecule has 0 radical (unpaired) electrons. The fourth-order valence-electron chi connectivity index (χ4n) is 2.92. The Morgan fingerprint density at radius 2 is 0.633 bits per heavy atom. The maximum Gasteiger partial charge on any atom is 0.248 e. The molecule has 0 atom stereocenters. The molecule has 0 unspecified atom stereocenters. The number of hydrogen-bond donors (Lipinski definition) is 2. The van der Waals surface area contributed by atoms with E-state index >= 15 is 0 Å². The van der Waals surface area contributed by atoms with E-state index < -0.39 is 0 Å². The molecule has 30 heavy (non-hydrogen) atoms. The Bertz CT molecular complexity index is 1190. The molecule has 0 saturated heterocycles. The highest BCUT2D eigenvalue weighted by Crippen LogP contribution is 2.28. The van der Waals surface area contributed by atoms with Crippen molar-refractivity contribution in [3.05, 3.63) is 72.8 Å². The van der Waals surface area contributed by atoms with Gasteiger partial charge in [0.05, 0.1) is 0 Å². The number of nitrogen functional groups attached to an aromatic ring is 2. The largest absolute Gasteiger partial charge is 0.416 e. The highest BCUT2D eigenvalue weighted by atomic mass is 16.4. The molecule has 8 nitrogen and oxygen atoms in total. The molecule has 0 fully saturated rings. The molecule has 0 bridgehead atoms. The van der Waals surface area contributed by atoms with Gasteiger partial charge in [-0.25, -0.2) is 0 Å². The molecule has 0 aliphatic carbocycles. The van der Waals surface area contributed by atoms with Crippen LogP contribution in [0.3, 0.4) is 0 Å². The van der Waals surface area contributed by atoms with Crippen LogP contribution in [0.1, 0.15) is 0 Å². The summed E-state index contributed by atoms with van der Waals surface area (Å²) in [5, 5.41) is 16.5. The van der Waals surface area contributed by atoms with E-state index in [1.807, 2.05) is 48.5 Å². The summed E-state index contributed by atoms with van der Waals surface area (Å²) in [4.78, 5) is 0. The van der Waals surface area contributed by atoms with Crippen LogP contribution in [0.25, 0.3) is 45.8 Å². The van der Waals surface area contributed by atoms with Gasteiger partial charge in [0.25, 0.3) is 0 Å². The van der Waals surface area contributed by atoms with E-state index in [1.54, 1.807) is 24.3 Å². The minimum Gasteiger partial charge on any atom is -0.416 e. The van der Waals surface area contributed by atoms with Gasteiger partial charge in [0.1, 0.15) is 0 Å². The van der Waals surface area contributed by atoms with Gasteiger partial charge in [0.15, 0.2) is 0 Å². The summed E-state index contributed by atoms with van der Waals surface area (Å²) in [5.74, 6) is 1.70. The van der Waals surface area contributed by atoms with Crippen LogP contribution in [0.2, 0.25) is 0 Å². The van der Waals surface area contributed by atoms with Gasteiger partial charge in [-0.1, -0.05) is 0 Å². The van der Waals surface area contributed by atoms with Gasteiger partial charge >= 0.3 is 0 Å². The maximum atomic E-state index is 5.79. The van der Waals surface area contributed by atoms with Crippen molar-refractivity contribution in [3.8, 4) is 45.8 Å². The van der Waals surface area contributed by atoms with Gasteiger partial charge in [0.2, 0.25) is 23.6 Å². The second kappa shape index (κ2) is 7.17. The molecule has 5 aromatic rings. The summed E-state index contributed by atoms with van der Waals surface area (Å²) in [6.07, 6.45) is 0. The highest BCUT2D eigenvalue weighted by Gasteiger charge is 2.13. The summed E-state index contributed by atoms with van der Waals surface area (Å²) in [5.41, 5.74) is 16.0. The number of anilines is 2. The molecular weight excluding hydrogens is 380 g/mol. The Labute approximate surface area is 171 Å². The normalized spacial score (nSPS) is 10.9. The van der Waals surface area contributed by atoms with Crippen LogP contribution >= 0.6 is 0 Å². The van der Waals surface area contributed by atoms with E-state index in [0.717, 1.165) is 22.3 Å². The molecule has 2 aromatic heterocycles. The molecule has 5 rings (SSSR count). The van der Waals surface area contributed by atoms with Crippen LogP contribution in [0.5, 0.6) is 0 Å². The smallest absolute Gasteiger partial charge is 0.248 e. The predicted molar refractivity (Wildman–Crippen MR) is 113 cm³/mol. The molecule has 0 spiro atoms. The first kappa shape index (κ1) is 17.6. The molecule has 3 aromatic carbocycles. The minimum atomic E-state index is 0.418. The monoisotopic (exact) mass is 396 g/mol. The molecule has 4 N–H and O–H groups in total. The number of nitrogens with zero attached hydrogens (tertiary/aromatic N) is 4. The SMILES string of the molecule is Nc1ccc(-c2nnc(-c3ccc(-c4nnc(-c5ccc(N)cc5)o4)cc3)o2)cc1. The fourth-order valence-corrected chi connectivity index (χ4v) is 2.92. The molecule has 8 heteroatoms. The van der Waals surface area contributed by atoms with Gasteiger partial charge < -0.3 is 20.3 Å². The maximum absolute atomic E-state index is 5.79. The van der Waals surface area contributed by atoms with Crippen molar-refractivity contribution < 1.29 is 8.83 Å². The van der Waals surface area contributed by atoms with E-state index in [1.165, 1.54) is 0 Å². The van der Waals surface area contributed by atoms with Crippen molar-refractivity contribution >= 4 is 11.4 Å². The number of nitrogens with two attached hydrogens (primary N) is 2. The number of hydrogen-bond acceptors (Lipinski definition) is 8. The van der Waals surface area contributed by atoms with Crippen LogP contribution in [0.4, 0.5) is 11.4 Å². The number of rotatable bonds is 4. The summed E-state index contributed by atoms with van der Waals surface area (Å²) < 4.78 is 11.6. The molecule has 0 saturated carbocycles. The van der Waals surface area contributed by atoms with E-state index in [2.05, 4.69) is 20.4 Å². The molecular formula is C22H16N6O2. The van der Waals surface area contributed by atoms with Crippen molar-refractivity contribution in [2.45, 2.75) is 0 Å². The number of aromatic nitrogens is 4. The summed E-state index contributed by atoms with van der Waals surface area (Å²) in [6, 6.07) is 22.0. The quantitative estimate of drug-likeness (QED) is 0.430. The Kier molecular flexibility index (Phi) is 4.21. The first-order valence-electron chi connectivity index (χ1n) is 9.15. The lowest BCUT2D eigenvalue weighted by Crippen LogP contribution is -1.83. The average molecular weight is 396 g/mol. The summed E-state index contributed by atoms with van der Waals surface area (Å²) >= 11 is 0. The van der Waals surface area contributed by atoms with Crippen molar-refractivity contribution in [1.29, 1.82) is 0 Å². The minimum absolute atomic E-state index is 0.418. The zero-order valence-electron chi connectivity index (χ0n) is 15.7. The predicted octanol–water partition coefficient (Wildman–Crippen LogP) is 4.29. The summed E-state index contributed by atoms with van der Waals surface area (Å²) in [6.45, 7) is 0. The van der Waals surface area contributed by atoms with E-state index in [-0.39, 0.29) is 0 Å². The zero-order valence-corrected chi connectivity index (χ0v) is 15.7. The first-order chi connectivity index (χ1) is 14.7. The average Bonchev–Trinajstić information content (AvgIpc) is 3.45. The standard InChI is InChI=1S/C22H16N6O2/c23-17-9-5-15(6-10-17)21-27-25-19(29-21)13-1-2-14(4-3-13)20-26-28-22(30-20)16-7-11-18(24)12-8-16/h1-12H,23-24H2. The van der Waals surface area contributed by atoms with E-state index in [4.69, 9.17) is 20.3 Å². The van der Waals surface area contributed by atoms with Gasteiger partial charge in [-0.05, 0) is 72.8 Å². The molecule has 0 aliphatic heterocycles. The Morgan fingerprint density at radius 3 is 0.900 bits per heavy atom. The Balaban J connectivity index is 1.37. The number of benzene rings is 3. The van der Waals surface area contributed by atoms with Gasteiger partial charge in [-0.2, -0.15) is 0 Å². The van der Waals surface area contributed by atoms with Crippen LogP contribution in [0, 0.1) is 0 Å². The van der Waals surface area contributed by atoms with Crippen molar-refractivity contribution in [2.24, 2.45) is 0 Å². The topological polar surface area (TPSA) is 130 Å². The van der Waals surface area contributed by atoms with Crippen molar-refractivity contribution in [1.82, 2.24) is 20.4 Å². The third kappa shape index (κ3) is 3.37. The van der Waals surface area contributed by atoms with Crippen LogP contribution in [0.15, 0.2) is 81.6 Å². The fraction of sp³-hybridized carbons (Fsp3) is 0. The van der Waals surface area contributed by atoms with Gasteiger partial charge in [-0.15, -0.1) is 20.4 Å². The Morgan fingerprint density at radius 1 is 0.400 bits per heavy atom. The first-order valence-corrected chi connectivity index (χ1v) is 9.15. The lowest BCUT2D eigenvalue weighted by Gasteiger charge is -1.98. The van der Waals surface area contributed by atoms with Crippen LogP contribution < -0.4 is 11.5 Å². The molecule has 0 aliphatic rings. The lowest BCUT2D eigenvalue weighted by atomic mass is 10.1. The lowest BCUT2D eigenvalue weighted by molar-refractivity contribution is 0.583. The van der Waals surface area contributed by atoms with Crippen LogP contribution in [-0.2, 0) is 0 Å². The van der Waals surface area contributed by atoms with Gasteiger partial charge in [0, 0.05) is 33.6 Å². The van der Waals surface area contributed by atoms with E-state index in [9.17, 15) is 0 Å². The van der Waals surface area contributed by atoms with Gasteiger partial charge in [-0.3, -0.25) is 0 Å². The van der Waals surface area contributed by atoms with Crippen molar-refractivity contribution in [2.75, 3.05) is 11.5 Å². The second-order valence-electron chi connectivity index (χ2n) is 6.65. The van der Waals surface area contributed by atoms with Crippen LogP contribution in [-0.4, -0.2) is 20.4 Å². The van der Waals surface area contributed by atoms with Crippen molar-refractivity contribution in [3.63, 3.8) is 0 Å². The highest BCUT2D eigenvalue weighted by molar-refractivity contribution is 5.64. The third-order valence-corrected chi connectivity index (χ3v) is 4.54. The van der Waals surface area contributed by atoms with E-state index in [0.29, 0.717) is 34.9 Å².